The first-order valence-electron chi connectivity index (χ1n) is 4.45. The Kier molecular flexibility index (Phi) is 4.91. The second kappa shape index (κ2) is 5.17. The van der Waals surface area contributed by atoms with Crippen LogP contribution in [-0.2, 0) is 0 Å². The van der Waals surface area contributed by atoms with Gasteiger partial charge in [-0.25, -0.2) is 0 Å². The summed E-state index contributed by atoms with van der Waals surface area (Å²) >= 11 is 0. The van der Waals surface area contributed by atoms with Crippen LogP contribution in [0.4, 0.5) is 0 Å². The van der Waals surface area contributed by atoms with E-state index in [0.717, 1.165) is 0 Å². The van der Waals surface area contributed by atoms with Gasteiger partial charge in [0.05, 0.1) is 0 Å². The largest absolute Gasteiger partial charge is 0.345 e. The number of aliphatic hydroxyl groups excluding tert-OH is 2. The molecule has 76 valence electrons. The minimum absolute atomic E-state index is 0.174. The first-order chi connectivity index (χ1) is 6.01. The molecule has 0 aliphatic carbocycles. The average molecular weight is 186 g/mol. The zero-order valence-electron chi connectivity index (χ0n) is 8.48. The van der Waals surface area contributed by atoms with E-state index in [0.29, 0.717) is 13.1 Å². The van der Waals surface area contributed by atoms with Gasteiger partial charge in [0, 0.05) is 13.8 Å². The zero-order chi connectivity index (χ0) is 10.5. The second-order valence-corrected chi connectivity index (χ2v) is 3.31. The van der Waals surface area contributed by atoms with Crippen LogP contribution in [0, 0.1) is 0 Å². The van der Waals surface area contributed by atoms with Crippen LogP contribution in [-0.4, -0.2) is 40.2 Å². The molecule has 0 heterocycles. The molecule has 0 bridgehead atoms. The quantitative estimate of drug-likeness (QED) is 0.367. The Balaban J connectivity index is 4.78. The molecule has 13 heavy (non-hydrogen) atoms. The molecular weight excluding hydrogens is 166 g/mol. The molecule has 3 nitrogen and oxygen atoms in total. The van der Waals surface area contributed by atoms with E-state index in [1.807, 2.05) is 0 Å². The van der Waals surface area contributed by atoms with Crippen molar-refractivity contribution in [3.05, 3.63) is 25.3 Å². The third-order valence-electron chi connectivity index (χ3n) is 2.43. The van der Waals surface area contributed by atoms with E-state index in [9.17, 15) is 10.2 Å². The summed E-state index contributed by atoms with van der Waals surface area (Å²) in [5, 5.41) is 19.2. The second-order valence-electron chi connectivity index (χ2n) is 3.31. The summed E-state index contributed by atoms with van der Waals surface area (Å²) in [6.07, 6.45) is 2.14. The van der Waals surface area contributed by atoms with Gasteiger partial charge in [-0.3, -0.25) is 4.48 Å². The van der Waals surface area contributed by atoms with E-state index >= 15 is 0 Å². The Morgan fingerprint density at radius 1 is 1.08 bits per heavy atom. The summed E-state index contributed by atoms with van der Waals surface area (Å²) in [5.74, 6) is 0. The lowest BCUT2D eigenvalue weighted by Crippen LogP contribution is -2.59. The van der Waals surface area contributed by atoms with E-state index in [1.54, 1.807) is 26.0 Å². The number of hydrogen-bond acceptors (Lipinski definition) is 2. The van der Waals surface area contributed by atoms with Crippen LogP contribution < -0.4 is 0 Å². The van der Waals surface area contributed by atoms with Crippen LogP contribution in [0.15, 0.2) is 25.3 Å². The van der Waals surface area contributed by atoms with Gasteiger partial charge in [0.25, 0.3) is 0 Å². The molecule has 2 unspecified atom stereocenters. The van der Waals surface area contributed by atoms with Crippen LogP contribution in [0.5, 0.6) is 0 Å². The summed E-state index contributed by atoms with van der Waals surface area (Å²) in [5.41, 5.74) is 0. The van der Waals surface area contributed by atoms with E-state index in [-0.39, 0.29) is 4.48 Å². The van der Waals surface area contributed by atoms with Crippen LogP contribution in [0.1, 0.15) is 13.8 Å². The van der Waals surface area contributed by atoms with Crippen molar-refractivity contribution >= 4 is 0 Å². The van der Waals surface area contributed by atoms with E-state index in [2.05, 4.69) is 13.2 Å². The lowest BCUT2D eigenvalue weighted by molar-refractivity contribution is -0.997. The summed E-state index contributed by atoms with van der Waals surface area (Å²) in [4.78, 5) is 0. The maximum absolute atomic E-state index is 9.61. The summed E-state index contributed by atoms with van der Waals surface area (Å²) in [7, 11) is 0. The minimum atomic E-state index is -0.629. The van der Waals surface area contributed by atoms with Crippen molar-refractivity contribution in [2.75, 3.05) is 13.1 Å². The molecule has 0 radical (unpaired) electrons. The standard InChI is InChI=1S/C10H20NO2/c1-5-7-11(8-6-2,9(3)12)10(4)13/h5-6,9-10,12-13H,1-2,7-8H2,3-4H3/q+1. The molecule has 0 fully saturated rings. The van der Waals surface area contributed by atoms with Gasteiger partial charge in [0.15, 0.2) is 12.5 Å². The third-order valence-corrected chi connectivity index (χ3v) is 2.43. The van der Waals surface area contributed by atoms with Crippen LogP contribution in [0.2, 0.25) is 0 Å². The summed E-state index contributed by atoms with van der Waals surface area (Å²) in [6, 6.07) is 0. The molecule has 0 aromatic heterocycles. The average Bonchev–Trinajstić information content (AvgIpc) is 2.03. The Labute approximate surface area is 80.2 Å². The normalized spacial score (nSPS) is 16.3. The highest BCUT2D eigenvalue weighted by atomic mass is 16.3. The third kappa shape index (κ3) is 2.66. The Bertz CT molecular complexity index is 156. The lowest BCUT2D eigenvalue weighted by Gasteiger charge is -2.41. The van der Waals surface area contributed by atoms with Gasteiger partial charge in [0.2, 0.25) is 0 Å². The highest BCUT2D eigenvalue weighted by Gasteiger charge is 2.35. The Hall–Kier alpha value is -0.640. The molecule has 0 rings (SSSR count). The molecule has 0 amide bonds. The van der Waals surface area contributed by atoms with Crippen LogP contribution in [0.25, 0.3) is 0 Å². The SMILES string of the molecule is C=CC[N+](CC=C)(C(C)O)C(C)O. The smallest absolute Gasteiger partial charge is 0.190 e. The zero-order valence-corrected chi connectivity index (χ0v) is 8.48. The molecule has 0 spiro atoms. The molecule has 0 saturated carbocycles. The van der Waals surface area contributed by atoms with Crippen molar-refractivity contribution in [2.24, 2.45) is 0 Å². The summed E-state index contributed by atoms with van der Waals surface area (Å²) in [6.45, 7) is 11.6. The Morgan fingerprint density at radius 3 is 1.54 bits per heavy atom. The van der Waals surface area contributed by atoms with Crippen LogP contribution >= 0.6 is 0 Å². The maximum atomic E-state index is 9.61. The number of aliphatic hydroxyl groups is 2. The van der Waals surface area contributed by atoms with Crippen molar-refractivity contribution in [1.29, 1.82) is 0 Å². The highest BCUT2D eigenvalue weighted by Crippen LogP contribution is 2.16. The predicted molar refractivity (Wildman–Crippen MR) is 53.8 cm³/mol. The first kappa shape index (κ1) is 12.4. The van der Waals surface area contributed by atoms with E-state index in [4.69, 9.17) is 0 Å². The number of nitrogens with zero attached hydrogens (tertiary/aromatic N) is 1. The topological polar surface area (TPSA) is 40.5 Å². The fourth-order valence-electron chi connectivity index (χ4n) is 1.48. The van der Waals surface area contributed by atoms with Gasteiger partial charge < -0.3 is 10.2 Å². The molecular formula is C10H20NO2+. The van der Waals surface area contributed by atoms with Crippen molar-refractivity contribution in [3.63, 3.8) is 0 Å². The first-order valence-corrected chi connectivity index (χ1v) is 4.45. The van der Waals surface area contributed by atoms with Gasteiger partial charge in [-0.1, -0.05) is 13.2 Å². The van der Waals surface area contributed by atoms with Crippen molar-refractivity contribution in [1.82, 2.24) is 0 Å². The number of hydrogen-bond donors (Lipinski definition) is 2. The van der Waals surface area contributed by atoms with Gasteiger partial charge in [-0.2, -0.15) is 0 Å². The monoisotopic (exact) mass is 186 g/mol. The molecule has 0 aliphatic heterocycles. The fraction of sp³-hybridized carbons (Fsp3) is 0.600. The summed E-state index contributed by atoms with van der Waals surface area (Å²) < 4.78 is 0.174. The van der Waals surface area contributed by atoms with E-state index < -0.39 is 12.5 Å². The maximum Gasteiger partial charge on any atom is 0.190 e. The number of quaternary nitrogens is 1. The predicted octanol–water partition coefficient (Wildman–Crippen LogP) is 0.852. The minimum Gasteiger partial charge on any atom is -0.345 e. The number of rotatable bonds is 6. The van der Waals surface area contributed by atoms with E-state index in [1.165, 1.54) is 0 Å². The molecule has 3 heteroatoms. The van der Waals surface area contributed by atoms with Crippen molar-refractivity contribution in [2.45, 2.75) is 26.3 Å². The van der Waals surface area contributed by atoms with Crippen molar-refractivity contribution < 1.29 is 14.7 Å². The van der Waals surface area contributed by atoms with Gasteiger partial charge in [-0.05, 0) is 12.2 Å². The Morgan fingerprint density at radius 2 is 1.38 bits per heavy atom. The van der Waals surface area contributed by atoms with Gasteiger partial charge >= 0.3 is 0 Å². The van der Waals surface area contributed by atoms with Gasteiger partial charge in [0.1, 0.15) is 13.1 Å². The lowest BCUT2D eigenvalue weighted by atomic mass is 10.2. The van der Waals surface area contributed by atoms with Gasteiger partial charge in [-0.15, -0.1) is 0 Å². The van der Waals surface area contributed by atoms with Crippen LogP contribution in [0.3, 0.4) is 0 Å². The molecule has 0 saturated heterocycles. The molecule has 2 N–H and O–H groups in total. The molecule has 0 aromatic rings. The molecule has 0 aromatic carbocycles. The molecule has 2 atom stereocenters. The van der Waals surface area contributed by atoms with Crippen molar-refractivity contribution in [3.8, 4) is 0 Å². The highest BCUT2D eigenvalue weighted by molar-refractivity contribution is 4.72. The molecule has 0 aliphatic rings. The fourth-order valence-corrected chi connectivity index (χ4v) is 1.48.